The monoisotopic (exact) mass is 170 g/mol. The Labute approximate surface area is 76.5 Å². The largest absolute Gasteiger partial charge is 0.384 e. The molecule has 1 atom stereocenters. The molecule has 1 aliphatic carbocycles. The molecule has 0 spiro atoms. The molecule has 0 N–H and O–H groups in total. The second-order valence-corrected chi connectivity index (χ2v) is 4.30. The Bertz CT molecular complexity index is 106. The van der Waals surface area contributed by atoms with E-state index in [2.05, 4.69) is 6.92 Å². The first-order valence-electron chi connectivity index (χ1n) is 5.32. The molecule has 1 saturated carbocycles. The van der Waals surface area contributed by atoms with Crippen LogP contribution in [0.15, 0.2) is 0 Å². The standard InChI is InChI=1S/C11H22O/c1-10(9-12-2)8-11-6-4-3-5-7-11/h10-11H,3-9H2,1-2H3/t10-/m0/s1. The number of methoxy groups -OCH3 is 1. The fourth-order valence-corrected chi connectivity index (χ4v) is 2.34. The van der Waals surface area contributed by atoms with Crippen LogP contribution in [0.1, 0.15) is 45.4 Å². The van der Waals surface area contributed by atoms with Gasteiger partial charge in [-0.2, -0.15) is 0 Å². The minimum atomic E-state index is 0.762. The van der Waals surface area contributed by atoms with Crippen molar-refractivity contribution in [3.05, 3.63) is 0 Å². The highest BCUT2D eigenvalue weighted by Crippen LogP contribution is 2.28. The average molecular weight is 170 g/mol. The Morgan fingerprint density at radius 1 is 1.25 bits per heavy atom. The molecule has 0 unspecified atom stereocenters. The Kier molecular flexibility index (Phi) is 4.67. The van der Waals surface area contributed by atoms with E-state index in [9.17, 15) is 0 Å². The SMILES string of the molecule is COC[C@@H](C)CC1CCCCC1. The molecule has 0 aliphatic heterocycles. The molecule has 0 aromatic heterocycles. The van der Waals surface area contributed by atoms with Crippen molar-refractivity contribution in [3.63, 3.8) is 0 Å². The predicted molar refractivity (Wildman–Crippen MR) is 52.2 cm³/mol. The van der Waals surface area contributed by atoms with Crippen LogP contribution in [0.5, 0.6) is 0 Å². The van der Waals surface area contributed by atoms with Gasteiger partial charge in [-0.15, -0.1) is 0 Å². The van der Waals surface area contributed by atoms with E-state index >= 15 is 0 Å². The van der Waals surface area contributed by atoms with Crippen molar-refractivity contribution < 1.29 is 4.74 Å². The summed E-state index contributed by atoms with van der Waals surface area (Å²) in [7, 11) is 1.80. The number of hydrogen-bond donors (Lipinski definition) is 0. The number of rotatable bonds is 4. The fraction of sp³-hybridized carbons (Fsp3) is 1.00. The maximum Gasteiger partial charge on any atom is 0.0487 e. The maximum absolute atomic E-state index is 5.15. The zero-order valence-electron chi connectivity index (χ0n) is 8.51. The van der Waals surface area contributed by atoms with Gasteiger partial charge in [0.1, 0.15) is 0 Å². The lowest BCUT2D eigenvalue weighted by atomic mass is 9.83. The molecule has 0 amide bonds. The zero-order chi connectivity index (χ0) is 8.81. The second kappa shape index (κ2) is 5.58. The predicted octanol–water partition coefficient (Wildman–Crippen LogP) is 3.24. The molecular formula is C11H22O. The van der Waals surface area contributed by atoms with Crippen LogP contribution in [0.25, 0.3) is 0 Å². The molecule has 72 valence electrons. The van der Waals surface area contributed by atoms with E-state index in [-0.39, 0.29) is 0 Å². The first-order valence-corrected chi connectivity index (χ1v) is 5.32. The Hall–Kier alpha value is -0.0400. The van der Waals surface area contributed by atoms with E-state index in [1.807, 2.05) is 0 Å². The summed E-state index contributed by atoms with van der Waals surface area (Å²) in [6.45, 7) is 3.24. The normalized spacial score (nSPS) is 22.5. The van der Waals surface area contributed by atoms with Gasteiger partial charge in [-0.1, -0.05) is 39.0 Å². The summed E-state index contributed by atoms with van der Waals surface area (Å²) in [5.41, 5.74) is 0. The average Bonchev–Trinajstić information content (AvgIpc) is 2.06. The summed E-state index contributed by atoms with van der Waals surface area (Å²) in [6, 6.07) is 0. The van der Waals surface area contributed by atoms with E-state index < -0.39 is 0 Å². The van der Waals surface area contributed by atoms with Gasteiger partial charge >= 0.3 is 0 Å². The van der Waals surface area contributed by atoms with Crippen molar-refractivity contribution in [1.29, 1.82) is 0 Å². The van der Waals surface area contributed by atoms with Gasteiger partial charge in [0.15, 0.2) is 0 Å². The highest BCUT2D eigenvalue weighted by atomic mass is 16.5. The van der Waals surface area contributed by atoms with Crippen LogP contribution in [0, 0.1) is 11.8 Å². The number of hydrogen-bond acceptors (Lipinski definition) is 1. The van der Waals surface area contributed by atoms with Gasteiger partial charge in [0, 0.05) is 13.7 Å². The third kappa shape index (κ3) is 3.57. The minimum Gasteiger partial charge on any atom is -0.384 e. The molecule has 0 saturated heterocycles. The summed E-state index contributed by atoms with van der Waals surface area (Å²) in [4.78, 5) is 0. The molecule has 0 radical (unpaired) electrons. The summed E-state index contributed by atoms with van der Waals surface area (Å²) < 4.78 is 5.15. The lowest BCUT2D eigenvalue weighted by Gasteiger charge is -2.24. The van der Waals surface area contributed by atoms with Gasteiger partial charge < -0.3 is 4.74 Å². The Morgan fingerprint density at radius 3 is 2.50 bits per heavy atom. The summed E-state index contributed by atoms with van der Waals surface area (Å²) in [5.74, 6) is 1.77. The van der Waals surface area contributed by atoms with E-state index in [1.165, 1.54) is 38.5 Å². The van der Waals surface area contributed by atoms with Crippen molar-refractivity contribution in [3.8, 4) is 0 Å². The number of ether oxygens (including phenoxy) is 1. The third-order valence-electron chi connectivity index (χ3n) is 2.91. The van der Waals surface area contributed by atoms with Crippen molar-refractivity contribution in [2.75, 3.05) is 13.7 Å². The highest BCUT2D eigenvalue weighted by molar-refractivity contribution is 4.68. The molecule has 0 bridgehead atoms. The molecule has 0 heterocycles. The topological polar surface area (TPSA) is 9.23 Å². The summed E-state index contributed by atoms with van der Waals surface area (Å²) >= 11 is 0. The molecule has 0 aromatic carbocycles. The van der Waals surface area contributed by atoms with E-state index in [1.54, 1.807) is 7.11 Å². The lowest BCUT2D eigenvalue weighted by Crippen LogP contribution is -2.13. The van der Waals surface area contributed by atoms with Gasteiger partial charge in [0.05, 0.1) is 0 Å². The second-order valence-electron chi connectivity index (χ2n) is 4.30. The fourth-order valence-electron chi connectivity index (χ4n) is 2.34. The lowest BCUT2D eigenvalue weighted by molar-refractivity contribution is 0.140. The van der Waals surface area contributed by atoms with Crippen LogP contribution in [0.3, 0.4) is 0 Å². The summed E-state index contributed by atoms with van der Waals surface area (Å²) in [5, 5.41) is 0. The van der Waals surface area contributed by atoms with Crippen LogP contribution < -0.4 is 0 Å². The molecule has 1 heteroatoms. The summed E-state index contributed by atoms with van der Waals surface area (Å²) in [6.07, 6.45) is 8.71. The van der Waals surface area contributed by atoms with E-state index in [0.717, 1.165) is 18.4 Å². The quantitative estimate of drug-likeness (QED) is 0.629. The highest BCUT2D eigenvalue weighted by Gasteiger charge is 2.15. The van der Waals surface area contributed by atoms with Crippen LogP contribution in [-0.4, -0.2) is 13.7 Å². The molecule has 1 rings (SSSR count). The minimum absolute atomic E-state index is 0.762. The molecule has 1 fully saturated rings. The molecular weight excluding hydrogens is 148 g/mol. The Morgan fingerprint density at radius 2 is 1.92 bits per heavy atom. The van der Waals surface area contributed by atoms with E-state index in [4.69, 9.17) is 4.74 Å². The molecule has 1 nitrogen and oxygen atoms in total. The first kappa shape index (κ1) is 10.0. The van der Waals surface area contributed by atoms with Gasteiger partial charge in [-0.25, -0.2) is 0 Å². The van der Waals surface area contributed by atoms with Gasteiger partial charge in [-0.3, -0.25) is 0 Å². The molecule has 1 aliphatic rings. The van der Waals surface area contributed by atoms with Crippen LogP contribution in [-0.2, 0) is 4.74 Å². The van der Waals surface area contributed by atoms with Crippen molar-refractivity contribution >= 4 is 0 Å². The third-order valence-corrected chi connectivity index (χ3v) is 2.91. The van der Waals surface area contributed by atoms with Crippen LogP contribution in [0.2, 0.25) is 0 Å². The smallest absolute Gasteiger partial charge is 0.0487 e. The van der Waals surface area contributed by atoms with E-state index in [0.29, 0.717) is 0 Å². The van der Waals surface area contributed by atoms with Gasteiger partial charge in [0.2, 0.25) is 0 Å². The van der Waals surface area contributed by atoms with Gasteiger partial charge in [0.25, 0.3) is 0 Å². The van der Waals surface area contributed by atoms with Crippen LogP contribution >= 0.6 is 0 Å². The maximum atomic E-state index is 5.15. The van der Waals surface area contributed by atoms with Crippen LogP contribution in [0.4, 0.5) is 0 Å². The van der Waals surface area contributed by atoms with Crippen molar-refractivity contribution in [2.24, 2.45) is 11.8 Å². The molecule has 0 aromatic rings. The van der Waals surface area contributed by atoms with Crippen molar-refractivity contribution in [1.82, 2.24) is 0 Å². The first-order chi connectivity index (χ1) is 5.83. The molecule has 12 heavy (non-hydrogen) atoms. The van der Waals surface area contributed by atoms with Crippen molar-refractivity contribution in [2.45, 2.75) is 45.4 Å². The Balaban J connectivity index is 2.11. The van der Waals surface area contributed by atoms with Gasteiger partial charge in [-0.05, 0) is 18.3 Å². The zero-order valence-corrected chi connectivity index (χ0v) is 8.51.